The number of amidine groups is 1. The molecule has 0 radical (unpaired) electrons. The van der Waals surface area contributed by atoms with Crippen LogP contribution in [0.5, 0.6) is 0 Å². The lowest BCUT2D eigenvalue weighted by molar-refractivity contribution is 0.0931. The SMILES string of the molecule is CC(C)N1C(=O)NC(=N)C12CCN1CCCCC12. The standard InChI is InChI=1S/C13H22N4O/c1-9(2)17-12(18)15-11(14)13(17)6-8-16-7-4-3-5-10(13)16/h9-10H,3-8H2,1-2H3,(H2,14,15,18). The molecule has 100 valence electrons. The van der Waals surface area contributed by atoms with Crippen LogP contribution in [0.25, 0.3) is 0 Å². The molecule has 3 fully saturated rings. The van der Waals surface area contributed by atoms with Gasteiger partial charge in [-0.05, 0) is 39.7 Å². The first kappa shape index (κ1) is 12.0. The van der Waals surface area contributed by atoms with Crippen LogP contribution in [-0.4, -0.2) is 52.4 Å². The lowest BCUT2D eigenvalue weighted by atomic mass is 9.83. The van der Waals surface area contributed by atoms with E-state index in [-0.39, 0.29) is 17.6 Å². The van der Waals surface area contributed by atoms with Crippen LogP contribution < -0.4 is 5.32 Å². The van der Waals surface area contributed by atoms with Crippen molar-refractivity contribution in [2.75, 3.05) is 13.1 Å². The van der Waals surface area contributed by atoms with Gasteiger partial charge >= 0.3 is 6.03 Å². The van der Waals surface area contributed by atoms with E-state index in [0.29, 0.717) is 11.9 Å². The van der Waals surface area contributed by atoms with Crippen molar-refractivity contribution in [2.24, 2.45) is 0 Å². The maximum Gasteiger partial charge on any atom is 0.323 e. The first-order valence-corrected chi connectivity index (χ1v) is 7.01. The van der Waals surface area contributed by atoms with Crippen LogP contribution >= 0.6 is 0 Å². The van der Waals surface area contributed by atoms with Gasteiger partial charge in [-0.3, -0.25) is 15.6 Å². The van der Waals surface area contributed by atoms with E-state index >= 15 is 0 Å². The summed E-state index contributed by atoms with van der Waals surface area (Å²) in [6, 6.07) is 0.414. The molecule has 18 heavy (non-hydrogen) atoms. The molecule has 2 atom stereocenters. The number of carbonyl (C=O) groups is 1. The normalized spacial score (nSPS) is 36.6. The Morgan fingerprint density at radius 3 is 2.89 bits per heavy atom. The van der Waals surface area contributed by atoms with Gasteiger partial charge in [0.2, 0.25) is 0 Å². The highest BCUT2D eigenvalue weighted by atomic mass is 16.2. The highest BCUT2D eigenvalue weighted by Crippen LogP contribution is 2.42. The van der Waals surface area contributed by atoms with Crippen molar-refractivity contribution >= 4 is 11.9 Å². The number of urea groups is 1. The quantitative estimate of drug-likeness (QED) is 0.739. The summed E-state index contributed by atoms with van der Waals surface area (Å²) in [6.07, 6.45) is 4.49. The van der Waals surface area contributed by atoms with Crippen molar-refractivity contribution in [1.82, 2.24) is 15.1 Å². The second kappa shape index (κ2) is 3.95. The summed E-state index contributed by atoms with van der Waals surface area (Å²) in [5, 5.41) is 11.0. The second-order valence-electron chi connectivity index (χ2n) is 5.99. The molecule has 0 aromatic carbocycles. The number of amides is 2. The number of rotatable bonds is 1. The summed E-state index contributed by atoms with van der Waals surface area (Å²) in [6.45, 7) is 6.24. The van der Waals surface area contributed by atoms with Gasteiger partial charge in [-0.2, -0.15) is 0 Å². The van der Waals surface area contributed by atoms with Crippen molar-refractivity contribution in [3.8, 4) is 0 Å². The molecule has 3 saturated heterocycles. The monoisotopic (exact) mass is 250 g/mol. The molecular weight excluding hydrogens is 228 g/mol. The van der Waals surface area contributed by atoms with Gasteiger partial charge in [0.05, 0.1) is 0 Å². The average Bonchev–Trinajstić information content (AvgIpc) is 2.81. The molecule has 0 saturated carbocycles. The van der Waals surface area contributed by atoms with E-state index in [1.807, 2.05) is 18.7 Å². The number of nitrogens with zero attached hydrogens (tertiary/aromatic N) is 2. The van der Waals surface area contributed by atoms with E-state index in [2.05, 4.69) is 10.2 Å². The van der Waals surface area contributed by atoms with Crippen LogP contribution in [0.4, 0.5) is 4.79 Å². The third kappa shape index (κ3) is 1.37. The van der Waals surface area contributed by atoms with Crippen LogP contribution in [0.2, 0.25) is 0 Å². The van der Waals surface area contributed by atoms with Gasteiger partial charge in [0.1, 0.15) is 11.4 Å². The van der Waals surface area contributed by atoms with Gasteiger partial charge in [0.25, 0.3) is 0 Å². The van der Waals surface area contributed by atoms with Crippen molar-refractivity contribution < 1.29 is 4.79 Å². The second-order valence-corrected chi connectivity index (χ2v) is 5.99. The zero-order valence-corrected chi connectivity index (χ0v) is 11.2. The molecule has 2 amide bonds. The topological polar surface area (TPSA) is 59.4 Å². The maximum atomic E-state index is 12.1. The number of carbonyl (C=O) groups excluding carboxylic acids is 1. The molecule has 0 bridgehead atoms. The van der Waals surface area contributed by atoms with Crippen LogP contribution in [0.1, 0.15) is 39.5 Å². The fourth-order valence-corrected chi connectivity index (χ4v) is 4.13. The Hall–Kier alpha value is -1.10. The summed E-state index contributed by atoms with van der Waals surface area (Å²) < 4.78 is 0. The van der Waals surface area contributed by atoms with E-state index < -0.39 is 0 Å². The number of fused-ring (bicyclic) bond motifs is 2. The Morgan fingerprint density at radius 2 is 2.17 bits per heavy atom. The third-order valence-corrected chi connectivity index (χ3v) is 4.78. The van der Waals surface area contributed by atoms with Crippen LogP contribution in [-0.2, 0) is 0 Å². The van der Waals surface area contributed by atoms with Gasteiger partial charge in [-0.1, -0.05) is 6.42 Å². The minimum absolute atomic E-state index is 0.0811. The Balaban J connectivity index is 2.01. The largest absolute Gasteiger partial charge is 0.323 e. The smallest absolute Gasteiger partial charge is 0.308 e. The molecule has 3 aliphatic rings. The predicted octanol–water partition coefficient (Wildman–Crippen LogP) is 1.39. The first-order chi connectivity index (χ1) is 8.57. The zero-order valence-electron chi connectivity index (χ0n) is 11.2. The molecule has 2 N–H and O–H groups in total. The molecule has 0 aliphatic carbocycles. The number of hydrogen-bond donors (Lipinski definition) is 2. The molecular formula is C13H22N4O. The van der Waals surface area contributed by atoms with Gasteiger partial charge in [-0.15, -0.1) is 0 Å². The van der Waals surface area contributed by atoms with Crippen LogP contribution in [0.15, 0.2) is 0 Å². The minimum atomic E-state index is -0.369. The highest BCUT2D eigenvalue weighted by Gasteiger charge is 2.60. The highest BCUT2D eigenvalue weighted by molar-refractivity contribution is 6.09. The number of nitrogens with one attached hydrogen (secondary N) is 2. The van der Waals surface area contributed by atoms with Crippen molar-refractivity contribution in [3.63, 3.8) is 0 Å². The van der Waals surface area contributed by atoms with Crippen LogP contribution in [0.3, 0.4) is 0 Å². The summed E-state index contributed by atoms with van der Waals surface area (Å²) >= 11 is 0. The summed E-state index contributed by atoms with van der Waals surface area (Å²) in [5.74, 6) is 0.426. The molecule has 3 aliphatic heterocycles. The summed E-state index contributed by atoms with van der Waals surface area (Å²) in [7, 11) is 0. The molecule has 2 unspecified atom stereocenters. The van der Waals surface area contributed by atoms with Crippen molar-refractivity contribution in [2.45, 2.75) is 57.2 Å². The van der Waals surface area contributed by atoms with E-state index in [1.165, 1.54) is 12.8 Å². The van der Waals surface area contributed by atoms with Crippen molar-refractivity contribution in [1.29, 1.82) is 5.41 Å². The van der Waals surface area contributed by atoms with Gasteiger partial charge in [0, 0.05) is 18.6 Å². The Labute approximate surface area is 108 Å². The Morgan fingerprint density at radius 1 is 1.39 bits per heavy atom. The van der Waals surface area contributed by atoms with Gasteiger partial charge in [-0.25, -0.2) is 4.79 Å². The van der Waals surface area contributed by atoms with Gasteiger partial charge in [0.15, 0.2) is 0 Å². The molecule has 5 nitrogen and oxygen atoms in total. The average molecular weight is 250 g/mol. The van der Waals surface area contributed by atoms with E-state index in [9.17, 15) is 4.79 Å². The van der Waals surface area contributed by atoms with E-state index in [0.717, 1.165) is 25.9 Å². The van der Waals surface area contributed by atoms with E-state index in [1.54, 1.807) is 0 Å². The fourth-order valence-electron chi connectivity index (χ4n) is 4.13. The van der Waals surface area contributed by atoms with Crippen molar-refractivity contribution in [3.05, 3.63) is 0 Å². The summed E-state index contributed by atoms with van der Waals surface area (Å²) in [5.41, 5.74) is -0.369. The number of hydrogen-bond acceptors (Lipinski definition) is 3. The molecule has 5 heteroatoms. The molecule has 0 aromatic heterocycles. The lowest BCUT2D eigenvalue weighted by Gasteiger charge is -2.43. The fraction of sp³-hybridized carbons (Fsp3) is 0.846. The molecule has 1 spiro atoms. The molecule has 3 rings (SSSR count). The maximum absolute atomic E-state index is 12.1. The lowest BCUT2D eigenvalue weighted by Crippen LogP contribution is -2.60. The van der Waals surface area contributed by atoms with E-state index in [4.69, 9.17) is 5.41 Å². The van der Waals surface area contributed by atoms with Gasteiger partial charge < -0.3 is 4.90 Å². The zero-order chi connectivity index (χ0) is 12.9. The third-order valence-electron chi connectivity index (χ3n) is 4.78. The Bertz CT molecular complexity index is 394. The number of piperidine rings is 1. The summed E-state index contributed by atoms with van der Waals surface area (Å²) in [4.78, 5) is 16.5. The predicted molar refractivity (Wildman–Crippen MR) is 69.8 cm³/mol. The molecule has 0 aromatic rings. The minimum Gasteiger partial charge on any atom is -0.308 e. The first-order valence-electron chi connectivity index (χ1n) is 7.01. The van der Waals surface area contributed by atoms with Crippen LogP contribution in [0, 0.1) is 5.41 Å². The Kier molecular flexibility index (Phi) is 2.62. The molecule has 3 heterocycles.